The van der Waals surface area contributed by atoms with Gasteiger partial charge in [0.2, 0.25) is 0 Å². The number of hydrogen-bond acceptors (Lipinski definition) is 4. The van der Waals surface area contributed by atoms with Gasteiger partial charge in [0.1, 0.15) is 6.04 Å². The van der Waals surface area contributed by atoms with Crippen LogP contribution in [0.4, 0.5) is 4.79 Å². The minimum Gasteiger partial charge on any atom is -0.338 e. The van der Waals surface area contributed by atoms with Crippen LogP contribution in [0.2, 0.25) is 0 Å². The third kappa shape index (κ3) is 4.55. The number of nitrogens with zero attached hydrogens (tertiary/aromatic N) is 1. The number of para-hydroxylation sites is 1. The molecule has 1 aromatic carbocycles. The normalized spacial score (nSPS) is 20.4. The van der Waals surface area contributed by atoms with E-state index in [0.717, 1.165) is 42.8 Å². The molecule has 25 heavy (non-hydrogen) atoms. The molecule has 1 aliphatic heterocycles. The Morgan fingerprint density at radius 3 is 2.96 bits per heavy atom. The first-order valence-corrected chi connectivity index (χ1v) is 9.76. The highest BCUT2D eigenvalue weighted by molar-refractivity contribution is 7.18. The number of quaternary nitrogens is 1. The Morgan fingerprint density at radius 1 is 1.32 bits per heavy atom. The maximum atomic E-state index is 12.2. The van der Waals surface area contributed by atoms with E-state index in [2.05, 4.69) is 16.7 Å². The molecule has 2 atom stereocenters. The van der Waals surface area contributed by atoms with Crippen LogP contribution in [0, 0.1) is 0 Å². The predicted molar refractivity (Wildman–Crippen MR) is 98.7 cm³/mol. The summed E-state index contributed by atoms with van der Waals surface area (Å²) in [6.07, 6.45) is 4.14. The van der Waals surface area contributed by atoms with Crippen LogP contribution in [0.3, 0.4) is 0 Å². The van der Waals surface area contributed by atoms with Crippen LogP contribution in [-0.4, -0.2) is 36.6 Å². The van der Waals surface area contributed by atoms with E-state index in [1.54, 1.807) is 11.3 Å². The molecule has 3 amide bonds. The van der Waals surface area contributed by atoms with Crippen molar-refractivity contribution >= 4 is 33.5 Å². The van der Waals surface area contributed by atoms with Crippen LogP contribution >= 0.6 is 11.3 Å². The minimum atomic E-state index is -0.403. The topological polar surface area (TPSA) is 75.5 Å². The van der Waals surface area contributed by atoms with Gasteiger partial charge >= 0.3 is 6.03 Å². The molecule has 7 heteroatoms. The molecule has 134 valence electrons. The summed E-state index contributed by atoms with van der Waals surface area (Å²) in [6, 6.07) is 7.97. The number of piperidine rings is 1. The summed E-state index contributed by atoms with van der Waals surface area (Å²) in [4.78, 5) is 29.9. The molecule has 3 rings (SSSR count). The number of imide groups is 1. The Balaban J connectivity index is 1.66. The number of likely N-dealkylation sites (tertiary alicyclic amines) is 1. The monoisotopic (exact) mass is 361 g/mol. The summed E-state index contributed by atoms with van der Waals surface area (Å²) in [5, 5.41) is 6.20. The lowest BCUT2D eigenvalue weighted by Crippen LogP contribution is -3.14. The van der Waals surface area contributed by atoms with Gasteiger partial charge in [-0.1, -0.05) is 19.1 Å². The molecule has 0 radical (unpaired) electrons. The molecule has 1 aliphatic rings. The number of hydrogen-bond donors (Lipinski definition) is 3. The molecular formula is C18H25N4O2S+. The fraction of sp³-hybridized carbons (Fsp3) is 0.500. The zero-order chi connectivity index (χ0) is 17.6. The molecule has 1 aromatic heterocycles. The molecule has 0 bridgehead atoms. The third-order valence-corrected chi connectivity index (χ3v) is 5.67. The van der Waals surface area contributed by atoms with Crippen molar-refractivity contribution in [3.63, 3.8) is 0 Å². The van der Waals surface area contributed by atoms with E-state index in [9.17, 15) is 9.59 Å². The number of amides is 3. The first kappa shape index (κ1) is 17.8. The molecule has 2 aromatic rings. The van der Waals surface area contributed by atoms with E-state index in [0.29, 0.717) is 13.1 Å². The van der Waals surface area contributed by atoms with Gasteiger partial charge in [0.25, 0.3) is 5.91 Å². The molecule has 0 saturated carbocycles. The molecular weight excluding hydrogens is 336 g/mol. The first-order chi connectivity index (χ1) is 12.2. The van der Waals surface area contributed by atoms with Gasteiger partial charge in [0.15, 0.2) is 11.6 Å². The Kier molecular flexibility index (Phi) is 5.99. The Labute approximate surface area is 151 Å². The van der Waals surface area contributed by atoms with Crippen LogP contribution in [0.5, 0.6) is 0 Å². The highest BCUT2D eigenvalue weighted by atomic mass is 32.1. The Morgan fingerprint density at radius 2 is 2.16 bits per heavy atom. The van der Waals surface area contributed by atoms with Crippen molar-refractivity contribution in [2.24, 2.45) is 0 Å². The van der Waals surface area contributed by atoms with E-state index in [-0.39, 0.29) is 11.9 Å². The second kappa shape index (κ2) is 8.40. The Bertz CT molecular complexity index is 713. The van der Waals surface area contributed by atoms with Crippen LogP contribution in [0.25, 0.3) is 10.2 Å². The number of rotatable bonds is 5. The van der Waals surface area contributed by atoms with Gasteiger partial charge in [-0.15, -0.1) is 11.3 Å². The molecule has 1 fully saturated rings. The predicted octanol–water partition coefficient (Wildman–Crippen LogP) is 1.64. The quantitative estimate of drug-likeness (QED) is 0.758. The molecule has 6 nitrogen and oxygen atoms in total. The number of aromatic nitrogens is 1. The first-order valence-electron chi connectivity index (χ1n) is 8.95. The van der Waals surface area contributed by atoms with Crippen molar-refractivity contribution in [1.29, 1.82) is 0 Å². The third-order valence-electron chi connectivity index (χ3n) is 4.52. The number of fused-ring (bicyclic) bond motifs is 1. The lowest BCUT2D eigenvalue weighted by molar-refractivity contribution is -0.929. The van der Waals surface area contributed by atoms with E-state index in [1.807, 2.05) is 25.1 Å². The van der Waals surface area contributed by atoms with Crippen molar-refractivity contribution in [3.8, 4) is 0 Å². The number of thiazole rings is 1. The van der Waals surface area contributed by atoms with E-state index < -0.39 is 6.03 Å². The molecule has 1 unspecified atom stereocenters. The lowest BCUT2D eigenvalue weighted by atomic mass is 10.0. The maximum absolute atomic E-state index is 12.2. The van der Waals surface area contributed by atoms with Gasteiger partial charge in [-0.2, -0.15) is 0 Å². The van der Waals surface area contributed by atoms with E-state index >= 15 is 0 Å². The average molecular weight is 361 g/mol. The number of nitrogens with one attached hydrogen (secondary N) is 3. The van der Waals surface area contributed by atoms with Crippen molar-refractivity contribution in [2.45, 2.75) is 38.6 Å². The van der Waals surface area contributed by atoms with E-state index in [4.69, 9.17) is 4.98 Å². The SMILES string of the molecule is CCCNC(=O)NC(=O)C[NH+]1CCCC[C@H]1c1nc2ccccc2s1. The number of urea groups is 1. The van der Waals surface area contributed by atoms with Gasteiger partial charge in [-0.25, -0.2) is 9.78 Å². The van der Waals surface area contributed by atoms with Crippen molar-refractivity contribution in [2.75, 3.05) is 19.6 Å². The summed E-state index contributed by atoms with van der Waals surface area (Å²) in [5.41, 5.74) is 1.02. The number of carbonyl (C=O) groups excluding carboxylic acids is 2. The van der Waals surface area contributed by atoms with Crippen LogP contribution in [0.15, 0.2) is 24.3 Å². The fourth-order valence-electron chi connectivity index (χ4n) is 3.29. The molecule has 0 spiro atoms. The molecule has 3 N–H and O–H groups in total. The second-order valence-corrected chi connectivity index (χ2v) is 7.52. The molecule has 1 saturated heterocycles. The highest BCUT2D eigenvalue weighted by Crippen LogP contribution is 2.28. The minimum absolute atomic E-state index is 0.225. The van der Waals surface area contributed by atoms with Gasteiger partial charge in [-0.05, 0) is 31.4 Å². The van der Waals surface area contributed by atoms with Crippen LogP contribution < -0.4 is 15.5 Å². The fourth-order valence-corrected chi connectivity index (χ4v) is 4.45. The maximum Gasteiger partial charge on any atom is 0.321 e. The van der Waals surface area contributed by atoms with Gasteiger partial charge < -0.3 is 10.2 Å². The average Bonchev–Trinajstić information content (AvgIpc) is 3.04. The zero-order valence-electron chi connectivity index (χ0n) is 14.5. The summed E-state index contributed by atoms with van der Waals surface area (Å²) in [5.74, 6) is -0.225. The van der Waals surface area contributed by atoms with Gasteiger partial charge in [0, 0.05) is 13.0 Å². The standard InChI is InChI=1S/C18H24N4O2S/c1-2-10-19-18(24)21-16(23)12-22-11-6-5-8-14(22)17-20-13-7-3-4-9-15(13)25-17/h3-4,7,9,14H,2,5-6,8,10-12H2,1H3,(H2,19,21,23,24)/p+1/t14-/m0/s1. The summed E-state index contributed by atoms with van der Waals surface area (Å²) >= 11 is 1.72. The van der Waals surface area contributed by atoms with Crippen molar-refractivity contribution in [1.82, 2.24) is 15.6 Å². The van der Waals surface area contributed by atoms with Gasteiger partial charge in [-0.3, -0.25) is 10.1 Å². The Hall–Kier alpha value is -1.99. The second-order valence-electron chi connectivity index (χ2n) is 6.46. The highest BCUT2D eigenvalue weighted by Gasteiger charge is 2.32. The molecule has 0 aliphatic carbocycles. The smallest absolute Gasteiger partial charge is 0.321 e. The van der Waals surface area contributed by atoms with Gasteiger partial charge in [0.05, 0.1) is 16.8 Å². The summed E-state index contributed by atoms with van der Waals surface area (Å²) in [7, 11) is 0. The largest absolute Gasteiger partial charge is 0.338 e. The summed E-state index contributed by atoms with van der Waals surface area (Å²) < 4.78 is 1.19. The lowest BCUT2D eigenvalue weighted by Gasteiger charge is -2.30. The zero-order valence-corrected chi connectivity index (χ0v) is 15.3. The summed E-state index contributed by atoms with van der Waals surface area (Å²) in [6.45, 7) is 3.79. The number of carbonyl (C=O) groups is 2. The van der Waals surface area contributed by atoms with Crippen LogP contribution in [0.1, 0.15) is 43.7 Å². The van der Waals surface area contributed by atoms with E-state index in [1.165, 1.54) is 9.60 Å². The van der Waals surface area contributed by atoms with Crippen LogP contribution in [-0.2, 0) is 4.79 Å². The van der Waals surface area contributed by atoms with Crippen molar-refractivity contribution < 1.29 is 14.5 Å². The molecule has 2 heterocycles. The van der Waals surface area contributed by atoms with Crippen molar-refractivity contribution in [3.05, 3.63) is 29.3 Å². The number of benzene rings is 1.